The number of benzene rings is 1. The van der Waals surface area contributed by atoms with E-state index in [4.69, 9.17) is 0 Å². The fraction of sp³-hybridized carbons (Fsp3) is 0.368. The van der Waals surface area contributed by atoms with Gasteiger partial charge in [-0.15, -0.1) is 0 Å². The summed E-state index contributed by atoms with van der Waals surface area (Å²) in [4.78, 5) is 18.1. The molecule has 0 aliphatic heterocycles. The van der Waals surface area contributed by atoms with E-state index in [2.05, 4.69) is 49.3 Å². The van der Waals surface area contributed by atoms with Crippen molar-refractivity contribution in [2.45, 2.75) is 56.5 Å². The van der Waals surface area contributed by atoms with Crippen LogP contribution in [0.15, 0.2) is 46.5 Å². The molecule has 3 nitrogen and oxygen atoms in total. The minimum absolute atomic E-state index is 0.0729. The molecular weight excluding hydrogens is 304 g/mol. The van der Waals surface area contributed by atoms with Crippen LogP contribution in [0.4, 0.5) is 0 Å². The van der Waals surface area contributed by atoms with E-state index in [0.29, 0.717) is 5.56 Å². The number of aryl methyl sites for hydroxylation is 2. The first-order chi connectivity index (χ1) is 10.8. The summed E-state index contributed by atoms with van der Waals surface area (Å²) in [5.41, 5.74) is 2.90. The highest BCUT2D eigenvalue weighted by Gasteiger charge is 2.21. The predicted octanol–water partition coefficient (Wildman–Crippen LogP) is 4.77. The van der Waals surface area contributed by atoms with Crippen molar-refractivity contribution in [1.29, 1.82) is 0 Å². The number of hydrogen-bond donors (Lipinski definition) is 1. The summed E-state index contributed by atoms with van der Waals surface area (Å²) in [6.07, 6.45) is 2.60. The molecule has 0 atom stereocenters. The molecule has 1 heterocycles. The van der Waals surface area contributed by atoms with Crippen LogP contribution < -0.4 is 5.32 Å². The van der Waals surface area contributed by atoms with E-state index < -0.39 is 0 Å². The lowest BCUT2D eigenvalue weighted by atomic mass is 10.0. The van der Waals surface area contributed by atoms with Crippen LogP contribution in [-0.2, 0) is 0 Å². The van der Waals surface area contributed by atoms with E-state index in [1.807, 2.05) is 19.9 Å². The Morgan fingerprint density at radius 2 is 1.96 bits per heavy atom. The minimum atomic E-state index is -0.227. The lowest BCUT2D eigenvalue weighted by Crippen LogP contribution is -2.43. The molecule has 23 heavy (non-hydrogen) atoms. The molecule has 1 aromatic heterocycles. The van der Waals surface area contributed by atoms with Crippen LogP contribution in [0.1, 0.15) is 48.7 Å². The second-order valence-electron chi connectivity index (χ2n) is 6.40. The quantitative estimate of drug-likeness (QED) is 0.860. The van der Waals surface area contributed by atoms with Gasteiger partial charge in [-0.05, 0) is 69.5 Å². The van der Waals surface area contributed by atoms with Crippen LogP contribution in [-0.4, -0.2) is 16.4 Å². The third-order valence-electron chi connectivity index (χ3n) is 4.04. The van der Waals surface area contributed by atoms with Gasteiger partial charge in [0.2, 0.25) is 0 Å². The molecule has 0 saturated carbocycles. The highest BCUT2D eigenvalue weighted by atomic mass is 32.2. The van der Waals surface area contributed by atoms with Crippen molar-refractivity contribution in [3.8, 4) is 0 Å². The molecule has 122 valence electrons. The summed E-state index contributed by atoms with van der Waals surface area (Å²) in [5.74, 6) is -0.0729. The van der Waals surface area contributed by atoms with Crippen molar-refractivity contribution in [2.75, 3.05) is 0 Å². The standard InChI is InChI=1S/C19H24N2OS/c1-6-19(4,5)21-17(22)16-8-7-11-20-18(16)23-15-10-9-13(2)14(3)12-15/h7-12H,6H2,1-5H3,(H,21,22). The van der Waals surface area contributed by atoms with Gasteiger partial charge in [0.1, 0.15) is 5.03 Å². The average molecular weight is 328 g/mol. The van der Waals surface area contributed by atoms with Gasteiger partial charge < -0.3 is 5.32 Å². The molecule has 0 aliphatic rings. The smallest absolute Gasteiger partial charge is 0.254 e. The van der Waals surface area contributed by atoms with Crippen molar-refractivity contribution < 1.29 is 4.79 Å². The lowest BCUT2D eigenvalue weighted by molar-refractivity contribution is 0.0907. The number of pyridine rings is 1. The maximum atomic E-state index is 12.6. The molecule has 0 aliphatic carbocycles. The van der Waals surface area contributed by atoms with Crippen LogP contribution in [0.5, 0.6) is 0 Å². The Balaban J connectivity index is 2.26. The fourth-order valence-electron chi connectivity index (χ4n) is 2.00. The zero-order valence-electron chi connectivity index (χ0n) is 14.4. The van der Waals surface area contributed by atoms with Crippen LogP contribution in [0.3, 0.4) is 0 Å². The van der Waals surface area contributed by atoms with Gasteiger partial charge in [0.05, 0.1) is 5.56 Å². The Morgan fingerprint density at radius 3 is 2.61 bits per heavy atom. The topological polar surface area (TPSA) is 42.0 Å². The van der Waals surface area contributed by atoms with Gasteiger partial charge >= 0.3 is 0 Å². The molecule has 0 spiro atoms. The molecule has 1 amide bonds. The number of carbonyl (C=O) groups excluding carboxylic acids is 1. The fourth-order valence-corrected chi connectivity index (χ4v) is 2.98. The first kappa shape index (κ1) is 17.5. The summed E-state index contributed by atoms with van der Waals surface area (Å²) in [6, 6.07) is 9.93. The number of aromatic nitrogens is 1. The van der Waals surface area contributed by atoms with Crippen LogP contribution in [0.25, 0.3) is 0 Å². The second-order valence-corrected chi connectivity index (χ2v) is 7.46. The van der Waals surface area contributed by atoms with Crippen LogP contribution >= 0.6 is 11.8 Å². The van der Waals surface area contributed by atoms with E-state index in [9.17, 15) is 4.79 Å². The summed E-state index contributed by atoms with van der Waals surface area (Å²) in [7, 11) is 0. The van der Waals surface area contributed by atoms with Gasteiger partial charge in [-0.25, -0.2) is 4.98 Å². The second kappa shape index (κ2) is 7.18. The van der Waals surface area contributed by atoms with E-state index in [0.717, 1.165) is 16.3 Å². The lowest BCUT2D eigenvalue weighted by Gasteiger charge is -2.24. The molecule has 2 rings (SSSR count). The van der Waals surface area contributed by atoms with Gasteiger partial charge in [-0.3, -0.25) is 4.79 Å². The van der Waals surface area contributed by atoms with Gasteiger partial charge in [0, 0.05) is 16.6 Å². The number of carbonyl (C=O) groups is 1. The Morgan fingerprint density at radius 1 is 1.22 bits per heavy atom. The maximum Gasteiger partial charge on any atom is 0.254 e. The van der Waals surface area contributed by atoms with Gasteiger partial charge in [-0.2, -0.15) is 0 Å². The molecule has 0 radical (unpaired) electrons. The largest absolute Gasteiger partial charge is 0.347 e. The minimum Gasteiger partial charge on any atom is -0.347 e. The number of nitrogens with one attached hydrogen (secondary N) is 1. The molecular formula is C19H24N2OS. The van der Waals surface area contributed by atoms with Gasteiger partial charge in [0.25, 0.3) is 5.91 Å². The molecule has 1 aromatic carbocycles. The SMILES string of the molecule is CCC(C)(C)NC(=O)c1cccnc1Sc1ccc(C)c(C)c1. The van der Waals surface area contributed by atoms with Crippen LogP contribution in [0, 0.1) is 13.8 Å². The predicted molar refractivity (Wildman–Crippen MR) is 96.1 cm³/mol. The summed E-state index contributed by atoms with van der Waals surface area (Å²) < 4.78 is 0. The first-order valence-electron chi connectivity index (χ1n) is 7.85. The summed E-state index contributed by atoms with van der Waals surface area (Å²) in [5, 5.41) is 3.81. The molecule has 4 heteroatoms. The molecule has 0 bridgehead atoms. The van der Waals surface area contributed by atoms with Crippen molar-refractivity contribution in [3.63, 3.8) is 0 Å². The third kappa shape index (κ3) is 4.58. The Bertz CT molecular complexity index is 710. The average Bonchev–Trinajstić information content (AvgIpc) is 2.51. The number of rotatable bonds is 5. The Kier molecular flexibility index (Phi) is 5.47. The molecule has 0 unspecified atom stereocenters. The third-order valence-corrected chi connectivity index (χ3v) is 5.05. The normalized spacial score (nSPS) is 11.3. The highest BCUT2D eigenvalue weighted by Crippen LogP contribution is 2.30. The van der Waals surface area contributed by atoms with Crippen molar-refractivity contribution >= 4 is 17.7 Å². The van der Waals surface area contributed by atoms with Gasteiger partial charge in [-0.1, -0.05) is 24.8 Å². The molecule has 0 fully saturated rings. The van der Waals surface area contributed by atoms with E-state index in [1.54, 1.807) is 12.3 Å². The zero-order valence-corrected chi connectivity index (χ0v) is 15.3. The maximum absolute atomic E-state index is 12.6. The van der Waals surface area contributed by atoms with Crippen molar-refractivity contribution in [3.05, 3.63) is 53.2 Å². The molecule has 0 saturated heterocycles. The number of hydrogen-bond acceptors (Lipinski definition) is 3. The van der Waals surface area contributed by atoms with E-state index in [-0.39, 0.29) is 11.4 Å². The summed E-state index contributed by atoms with van der Waals surface area (Å²) >= 11 is 1.53. The van der Waals surface area contributed by atoms with Crippen molar-refractivity contribution in [2.24, 2.45) is 0 Å². The van der Waals surface area contributed by atoms with Crippen molar-refractivity contribution in [1.82, 2.24) is 10.3 Å². The zero-order chi connectivity index (χ0) is 17.0. The van der Waals surface area contributed by atoms with Crippen LogP contribution in [0.2, 0.25) is 0 Å². The molecule has 1 N–H and O–H groups in total. The van der Waals surface area contributed by atoms with Gasteiger partial charge in [0.15, 0.2) is 0 Å². The number of amides is 1. The number of nitrogens with zero attached hydrogens (tertiary/aromatic N) is 1. The Hall–Kier alpha value is -1.81. The van der Waals surface area contributed by atoms with E-state index >= 15 is 0 Å². The monoisotopic (exact) mass is 328 g/mol. The summed E-state index contributed by atoms with van der Waals surface area (Å²) in [6.45, 7) is 10.3. The first-order valence-corrected chi connectivity index (χ1v) is 8.66. The van der Waals surface area contributed by atoms with E-state index in [1.165, 1.54) is 22.9 Å². The molecule has 2 aromatic rings. The Labute approximate surface area is 142 Å². The highest BCUT2D eigenvalue weighted by molar-refractivity contribution is 7.99.